The Balaban J connectivity index is 1.37. The fourth-order valence-corrected chi connectivity index (χ4v) is 3.37. The summed E-state index contributed by atoms with van der Waals surface area (Å²) < 4.78 is 2.01. The average molecular weight is 372 g/mol. The molecule has 0 bridgehead atoms. The van der Waals surface area contributed by atoms with Crippen LogP contribution in [0, 0.1) is 0 Å². The summed E-state index contributed by atoms with van der Waals surface area (Å²) in [6, 6.07) is 11.8. The second-order valence-corrected chi connectivity index (χ2v) is 6.60. The quantitative estimate of drug-likeness (QED) is 0.569. The molecule has 0 spiro atoms. The van der Waals surface area contributed by atoms with Gasteiger partial charge in [-0.15, -0.1) is 0 Å². The highest BCUT2D eigenvalue weighted by molar-refractivity contribution is 5.62. The molecule has 8 nitrogen and oxygen atoms in total. The number of hydrogen-bond acceptors (Lipinski definition) is 7. The van der Waals surface area contributed by atoms with Gasteiger partial charge in [0.15, 0.2) is 0 Å². The van der Waals surface area contributed by atoms with Gasteiger partial charge in [0.05, 0.1) is 29.5 Å². The number of aromatic nitrogens is 5. The maximum atomic E-state index is 4.63. The molecule has 1 saturated heterocycles. The van der Waals surface area contributed by atoms with Gasteiger partial charge in [-0.3, -0.25) is 4.40 Å². The van der Waals surface area contributed by atoms with E-state index in [1.165, 1.54) is 0 Å². The number of nitrogens with one attached hydrogen (secondary N) is 2. The standard InChI is InChI=1S/C20H20N8/c1-2-10-28-17(14-24-19(28)3-1)16-6-7-22-20(25-16)26-18-5-4-15(13-23-18)27-11-8-21-9-12-27/h1-7,10,13-14,21H,8-9,11-12H2,(H,22,23,25,26). The maximum absolute atomic E-state index is 4.63. The van der Waals surface area contributed by atoms with E-state index in [9.17, 15) is 0 Å². The topological polar surface area (TPSA) is 83.3 Å². The first-order valence-corrected chi connectivity index (χ1v) is 9.31. The van der Waals surface area contributed by atoms with Gasteiger partial charge in [-0.1, -0.05) is 6.07 Å². The summed E-state index contributed by atoms with van der Waals surface area (Å²) in [4.78, 5) is 20.2. The van der Waals surface area contributed by atoms with Crippen LogP contribution in [0.5, 0.6) is 0 Å². The predicted octanol–water partition coefficient (Wildman–Crippen LogP) is 2.34. The number of nitrogens with zero attached hydrogens (tertiary/aromatic N) is 6. The van der Waals surface area contributed by atoms with Crippen LogP contribution in [0.4, 0.5) is 17.5 Å². The highest BCUT2D eigenvalue weighted by Gasteiger charge is 2.11. The highest BCUT2D eigenvalue weighted by Crippen LogP contribution is 2.21. The van der Waals surface area contributed by atoms with Crippen molar-refractivity contribution in [3.05, 3.63) is 61.2 Å². The Morgan fingerprint density at radius 3 is 2.71 bits per heavy atom. The van der Waals surface area contributed by atoms with Crippen LogP contribution in [-0.2, 0) is 0 Å². The van der Waals surface area contributed by atoms with Gasteiger partial charge in [-0.2, -0.15) is 0 Å². The molecule has 4 aromatic rings. The summed E-state index contributed by atoms with van der Waals surface area (Å²) in [5.74, 6) is 1.22. The lowest BCUT2D eigenvalue weighted by Crippen LogP contribution is -2.43. The summed E-state index contributed by atoms with van der Waals surface area (Å²) in [6.07, 6.45) is 7.43. The molecule has 0 unspecified atom stereocenters. The molecule has 8 heteroatoms. The van der Waals surface area contributed by atoms with Crippen molar-refractivity contribution in [1.29, 1.82) is 0 Å². The fourth-order valence-electron chi connectivity index (χ4n) is 3.37. The van der Waals surface area contributed by atoms with Crippen molar-refractivity contribution >= 4 is 23.1 Å². The number of fused-ring (bicyclic) bond motifs is 1. The van der Waals surface area contributed by atoms with Crippen molar-refractivity contribution in [2.45, 2.75) is 0 Å². The van der Waals surface area contributed by atoms with Crippen LogP contribution < -0.4 is 15.5 Å². The summed E-state index contributed by atoms with van der Waals surface area (Å²) in [5.41, 5.74) is 3.74. The molecule has 0 radical (unpaired) electrons. The summed E-state index contributed by atoms with van der Waals surface area (Å²) in [7, 11) is 0. The van der Waals surface area contributed by atoms with Crippen LogP contribution >= 0.6 is 0 Å². The van der Waals surface area contributed by atoms with Gasteiger partial charge in [0.25, 0.3) is 0 Å². The second-order valence-electron chi connectivity index (χ2n) is 6.60. The van der Waals surface area contributed by atoms with Crippen LogP contribution in [0.15, 0.2) is 61.2 Å². The Bertz CT molecular complexity index is 1080. The van der Waals surface area contributed by atoms with Crippen LogP contribution in [-0.4, -0.2) is 50.5 Å². The Kier molecular flexibility index (Phi) is 4.30. The van der Waals surface area contributed by atoms with Gasteiger partial charge in [-0.05, 0) is 30.3 Å². The first-order valence-electron chi connectivity index (χ1n) is 9.31. The van der Waals surface area contributed by atoms with Gasteiger partial charge in [-0.25, -0.2) is 19.9 Å². The zero-order chi connectivity index (χ0) is 18.8. The molecule has 1 aliphatic rings. The van der Waals surface area contributed by atoms with Crippen LogP contribution in [0.25, 0.3) is 17.0 Å². The van der Waals surface area contributed by atoms with E-state index in [-0.39, 0.29) is 0 Å². The van der Waals surface area contributed by atoms with Gasteiger partial charge >= 0.3 is 0 Å². The van der Waals surface area contributed by atoms with Crippen molar-refractivity contribution in [2.75, 3.05) is 36.4 Å². The third-order valence-electron chi connectivity index (χ3n) is 4.80. The highest BCUT2D eigenvalue weighted by atomic mass is 15.2. The molecule has 5 heterocycles. The maximum Gasteiger partial charge on any atom is 0.228 e. The lowest BCUT2D eigenvalue weighted by Gasteiger charge is -2.29. The molecule has 4 aromatic heterocycles. The Morgan fingerprint density at radius 2 is 1.86 bits per heavy atom. The van der Waals surface area contributed by atoms with Gasteiger partial charge in [0, 0.05) is 38.6 Å². The van der Waals surface area contributed by atoms with E-state index in [4.69, 9.17) is 0 Å². The molecule has 0 aliphatic carbocycles. The van der Waals surface area contributed by atoms with E-state index in [1.54, 1.807) is 6.20 Å². The largest absolute Gasteiger partial charge is 0.368 e. The molecule has 1 aliphatic heterocycles. The average Bonchev–Trinajstić information content (AvgIpc) is 3.19. The molecule has 2 N–H and O–H groups in total. The summed E-state index contributed by atoms with van der Waals surface area (Å²) >= 11 is 0. The van der Waals surface area contributed by atoms with E-state index in [0.29, 0.717) is 11.8 Å². The van der Waals surface area contributed by atoms with E-state index in [2.05, 4.69) is 41.5 Å². The monoisotopic (exact) mass is 372 g/mol. The minimum Gasteiger partial charge on any atom is -0.368 e. The van der Waals surface area contributed by atoms with E-state index >= 15 is 0 Å². The van der Waals surface area contributed by atoms with E-state index in [0.717, 1.165) is 48.9 Å². The van der Waals surface area contributed by atoms with Gasteiger partial charge < -0.3 is 15.5 Å². The van der Waals surface area contributed by atoms with Crippen LogP contribution in [0.2, 0.25) is 0 Å². The molecule has 5 rings (SSSR count). The lowest BCUT2D eigenvalue weighted by atomic mass is 10.3. The SMILES string of the molecule is c1ccn2c(-c3ccnc(Nc4ccc(N5CCNCC5)cn4)n3)cnc2c1. The number of hydrogen-bond donors (Lipinski definition) is 2. The van der Waals surface area contributed by atoms with Crippen molar-refractivity contribution in [1.82, 2.24) is 29.7 Å². The zero-order valence-corrected chi connectivity index (χ0v) is 15.3. The van der Waals surface area contributed by atoms with Crippen molar-refractivity contribution < 1.29 is 0 Å². The number of piperazine rings is 1. The molecular weight excluding hydrogens is 352 g/mol. The van der Waals surface area contributed by atoms with Crippen molar-refractivity contribution in [2.24, 2.45) is 0 Å². The normalized spacial score (nSPS) is 14.4. The molecular formula is C20H20N8. The first-order chi connectivity index (χ1) is 13.9. The number of anilines is 3. The molecule has 0 atom stereocenters. The number of rotatable bonds is 4. The lowest BCUT2D eigenvalue weighted by molar-refractivity contribution is 0.589. The smallest absolute Gasteiger partial charge is 0.228 e. The molecule has 140 valence electrons. The molecule has 28 heavy (non-hydrogen) atoms. The van der Waals surface area contributed by atoms with Gasteiger partial charge in [0.2, 0.25) is 5.95 Å². The molecule has 0 aromatic carbocycles. The second kappa shape index (κ2) is 7.24. The first kappa shape index (κ1) is 16.6. The fraction of sp³-hybridized carbons (Fsp3) is 0.200. The number of pyridine rings is 2. The predicted molar refractivity (Wildman–Crippen MR) is 109 cm³/mol. The zero-order valence-electron chi connectivity index (χ0n) is 15.3. The third-order valence-corrected chi connectivity index (χ3v) is 4.80. The number of imidazole rings is 1. The van der Waals surface area contributed by atoms with Crippen molar-refractivity contribution in [3.8, 4) is 11.4 Å². The molecule has 0 amide bonds. The molecule has 1 fully saturated rings. The van der Waals surface area contributed by atoms with E-state index in [1.807, 2.05) is 53.3 Å². The minimum absolute atomic E-state index is 0.505. The van der Waals surface area contributed by atoms with E-state index < -0.39 is 0 Å². The Labute approximate surface area is 162 Å². The summed E-state index contributed by atoms with van der Waals surface area (Å²) in [6.45, 7) is 4.01. The Hall–Kier alpha value is -3.52. The van der Waals surface area contributed by atoms with Crippen LogP contribution in [0.1, 0.15) is 0 Å². The minimum atomic E-state index is 0.505. The molecule has 0 saturated carbocycles. The van der Waals surface area contributed by atoms with Crippen molar-refractivity contribution in [3.63, 3.8) is 0 Å². The Morgan fingerprint density at radius 1 is 0.929 bits per heavy atom. The third kappa shape index (κ3) is 3.25. The van der Waals surface area contributed by atoms with Gasteiger partial charge in [0.1, 0.15) is 11.5 Å². The summed E-state index contributed by atoms with van der Waals surface area (Å²) in [5, 5.41) is 6.55. The van der Waals surface area contributed by atoms with Crippen LogP contribution in [0.3, 0.4) is 0 Å².